The van der Waals surface area contributed by atoms with Crippen LogP contribution in [0.1, 0.15) is 35.7 Å². The van der Waals surface area contributed by atoms with Gasteiger partial charge in [-0.25, -0.2) is 4.39 Å². The first-order chi connectivity index (χ1) is 9.06. The molecule has 1 heterocycles. The molecule has 0 bridgehead atoms. The number of benzene rings is 1. The minimum Gasteiger partial charge on any atom is -0.352 e. The predicted octanol–water partition coefficient (Wildman–Crippen LogP) is 2.25. The van der Waals surface area contributed by atoms with Crippen molar-refractivity contribution in [2.45, 2.75) is 32.7 Å². The molecule has 2 atom stereocenters. The first-order valence-corrected chi connectivity index (χ1v) is 6.84. The number of hydrogen-bond donors (Lipinski definition) is 2. The second-order valence-electron chi connectivity index (χ2n) is 5.42. The minimum absolute atomic E-state index is 0.115. The van der Waals surface area contributed by atoms with Crippen LogP contribution >= 0.6 is 0 Å². The van der Waals surface area contributed by atoms with Gasteiger partial charge in [-0.1, -0.05) is 0 Å². The molecule has 1 aliphatic rings. The molecule has 1 aromatic carbocycles. The van der Waals surface area contributed by atoms with E-state index in [1.165, 1.54) is 12.1 Å². The Labute approximate surface area is 113 Å². The van der Waals surface area contributed by atoms with Gasteiger partial charge in [0.25, 0.3) is 5.91 Å². The van der Waals surface area contributed by atoms with Gasteiger partial charge in [0.05, 0.1) is 0 Å². The van der Waals surface area contributed by atoms with E-state index in [9.17, 15) is 9.18 Å². The lowest BCUT2D eigenvalue weighted by atomic mass is 9.95. The summed E-state index contributed by atoms with van der Waals surface area (Å²) in [6.07, 6.45) is 2.28. The highest BCUT2D eigenvalue weighted by atomic mass is 19.1. The third-order valence-corrected chi connectivity index (χ3v) is 3.75. The van der Waals surface area contributed by atoms with Crippen LogP contribution in [0.3, 0.4) is 0 Å². The second kappa shape index (κ2) is 6.15. The predicted molar refractivity (Wildman–Crippen MR) is 73.7 cm³/mol. The monoisotopic (exact) mass is 264 g/mol. The van der Waals surface area contributed by atoms with Crippen molar-refractivity contribution >= 4 is 5.91 Å². The largest absolute Gasteiger partial charge is 0.352 e. The van der Waals surface area contributed by atoms with Crippen LogP contribution in [0.5, 0.6) is 0 Å². The molecule has 2 unspecified atom stereocenters. The lowest BCUT2D eigenvalue weighted by Gasteiger charge is -2.27. The lowest BCUT2D eigenvalue weighted by molar-refractivity contribution is 0.0943. The van der Waals surface area contributed by atoms with Crippen LogP contribution in [0.15, 0.2) is 18.2 Å². The summed E-state index contributed by atoms with van der Waals surface area (Å²) in [6.45, 7) is 5.55. The Balaban J connectivity index is 1.87. The maximum Gasteiger partial charge on any atom is 0.251 e. The normalized spacial score (nSPS) is 23.1. The zero-order valence-corrected chi connectivity index (χ0v) is 11.5. The van der Waals surface area contributed by atoms with Gasteiger partial charge in [0.15, 0.2) is 0 Å². The molecule has 19 heavy (non-hydrogen) atoms. The Morgan fingerprint density at radius 2 is 2.26 bits per heavy atom. The average Bonchev–Trinajstić information content (AvgIpc) is 2.37. The van der Waals surface area contributed by atoms with Gasteiger partial charge < -0.3 is 10.6 Å². The van der Waals surface area contributed by atoms with Gasteiger partial charge in [0.1, 0.15) is 5.82 Å². The molecule has 1 aliphatic heterocycles. The lowest BCUT2D eigenvalue weighted by Crippen LogP contribution is -2.42. The molecule has 1 amide bonds. The van der Waals surface area contributed by atoms with E-state index in [-0.39, 0.29) is 11.7 Å². The summed E-state index contributed by atoms with van der Waals surface area (Å²) in [5.41, 5.74) is 1.23. The Bertz CT molecular complexity index is 453. The van der Waals surface area contributed by atoms with Gasteiger partial charge in [-0.05, 0) is 62.9 Å². The number of halogens is 1. The van der Waals surface area contributed by atoms with Gasteiger partial charge in [-0.3, -0.25) is 4.79 Å². The summed E-state index contributed by atoms with van der Waals surface area (Å²) in [4.78, 5) is 12.0. The van der Waals surface area contributed by atoms with E-state index in [1.54, 1.807) is 13.0 Å². The summed E-state index contributed by atoms with van der Waals surface area (Å²) in [6, 6.07) is 4.83. The van der Waals surface area contributed by atoms with Crippen LogP contribution < -0.4 is 10.6 Å². The molecule has 2 rings (SSSR count). The van der Waals surface area contributed by atoms with Crippen molar-refractivity contribution in [3.63, 3.8) is 0 Å². The van der Waals surface area contributed by atoms with Crippen LogP contribution in [-0.2, 0) is 0 Å². The topological polar surface area (TPSA) is 41.1 Å². The molecule has 0 aliphatic carbocycles. The Morgan fingerprint density at radius 1 is 1.47 bits per heavy atom. The van der Waals surface area contributed by atoms with Gasteiger partial charge in [-0.15, -0.1) is 0 Å². The van der Waals surface area contributed by atoms with Crippen molar-refractivity contribution in [1.82, 2.24) is 10.6 Å². The average molecular weight is 264 g/mol. The number of nitrogens with one attached hydrogen (secondary N) is 2. The number of amides is 1. The van der Waals surface area contributed by atoms with Crippen LogP contribution in [0.4, 0.5) is 4.39 Å². The molecule has 1 saturated heterocycles. The van der Waals surface area contributed by atoms with Gasteiger partial charge in [-0.2, -0.15) is 0 Å². The van der Waals surface area contributed by atoms with Crippen LogP contribution in [0, 0.1) is 18.7 Å². The third-order valence-electron chi connectivity index (χ3n) is 3.75. The molecule has 0 aromatic heterocycles. The zero-order valence-electron chi connectivity index (χ0n) is 11.5. The number of aryl methyl sites for hydroxylation is 1. The maximum atomic E-state index is 13.0. The highest BCUT2D eigenvalue weighted by molar-refractivity contribution is 5.95. The van der Waals surface area contributed by atoms with Crippen molar-refractivity contribution in [3.8, 4) is 0 Å². The molecule has 1 aromatic rings. The van der Waals surface area contributed by atoms with E-state index in [0.717, 1.165) is 19.4 Å². The number of carbonyl (C=O) groups is 1. The zero-order chi connectivity index (χ0) is 13.8. The summed E-state index contributed by atoms with van der Waals surface area (Å²) in [7, 11) is 0. The number of piperidine rings is 1. The maximum absolute atomic E-state index is 13.0. The van der Waals surface area contributed by atoms with E-state index in [2.05, 4.69) is 17.6 Å². The van der Waals surface area contributed by atoms with Crippen LogP contribution in [0.2, 0.25) is 0 Å². The highest BCUT2D eigenvalue weighted by Gasteiger charge is 2.18. The first kappa shape index (κ1) is 14.0. The SMILES string of the molecule is Cc1cc(F)ccc1C(=O)NCC1CCC(C)NC1. The summed E-state index contributed by atoms with van der Waals surface area (Å²) in [5.74, 6) is 0.0662. The van der Waals surface area contributed by atoms with E-state index >= 15 is 0 Å². The molecule has 2 N–H and O–H groups in total. The van der Waals surface area contributed by atoms with E-state index in [1.807, 2.05) is 0 Å². The Kier molecular flexibility index (Phi) is 4.53. The standard InChI is InChI=1S/C15H21FN2O/c1-10-7-13(16)5-6-14(10)15(19)18-9-12-4-3-11(2)17-8-12/h5-7,11-12,17H,3-4,8-9H2,1-2H3,(H,18,19). The molecule has 0 spiro atoms. The van der Waals surface area contributed by atoms with Crippen LogP contribution in [-0.4, -0.2) is 25.0 Å². The molecule has 0 radical (unpaired) electrons. The molecular weight excluding hydrogens is 243 g/mol. The van der Waals surface area contributed by atoms with Gasteiger partial charge in [0.2, 0.25) is 0 Å². The van der Waals surface area contributed by atoms with Crippen molar-refractivity contribution in [2.24, 2.45) is 5.92 Å². The number of hydrogen-bond acceptors (Lipinski definition) is 2. The molecule has 4 heteroatoms. The van der Waals surface area contributed by atoms with Gasteiger partial charge in [0, 0.05) is 18.2 Å². The third kappa shape index (κ3) is 3.77. The molecule has 0 saturated carbocycles. The number of carbonyl (C=O) groups excluding carboxylic acids is 1. The first-order valence-electron chi connectivity index (χ1n) is 6.84. The summed E-state index contributed by atoms with van der Waals surface area (Å²) in [5, 5.41) is 6.36. The molecule has 104 valence electrons. The quantitative estimate of drug-likeness (QED) is 0.879. The Morgan fingerprint density at radius 3 is 2.89 bits per heavy atom. The van der Waals surface area contributed by atoms with Crippen molar-refractivity contribution in [2.75, 3.05) is 13.1 Å². The van der Waals surface area contributed by atoms with E-state index in [4.69, 9.17) is 0 Å². The summed E-state index contributed by atoms with van der Waals surface area (Å²) < 4.78 is 13.0. The van der Waals surface area contributed by atoms with Crippen LogP contribution in [0.25, 0.3) is 0 Å². The Hall–Kier alpha value is -1.42. The van der Waals surface area contributed by atoms with Crippen molar-refractivity contribution < 1.29 is 9.18 Å². The summed E-state index contributed by atoms with van der Waals surface area (Å²) >= 11 is 0. The van der Waals surface area contributed by atoms with Crippen molar-refractivity contribution in [1.29, 1.82) is 0 Å². The number of rotatable bonds is 3. The molecule has 3 nitrogen and oxygen atoms in total. The van der Waals surface area contributed by atoms with E-state index in [0.29, 0.717) is 29.6 Å². The fourth-order valence-electron chi connectivity index (χ4n) is 2.45. The smallest absolute Gasteiger partial charge is 0.251 e. The highest BCUT2D eigenvalue weighted by Crippen LogP contribution is 2.14. The fraction of sp³-hybridized carbons (Fsp3) is 0.533. The van der Waals surface area contributed by atoms with Crippen molar-refractivity contribution in [3.05, 3.63) is 35.1 Å². The fourth-order valence-corrected chi connectivity index (χ4v) is 2.45. The van der Waals surface area contributed by atoms with Gasteiger partial charge >= 0.3 is 0 Å². The molecular formula is C15H21FN2O. The minimum atomic E-state index is -0.306. The van der Waals surface area contributed by atoms with E-state index < -0.39 is 0 Å². The molecule has 1 fully saturated rings. The second-order valence-corrected chi connectivity index (χ2v) is 5.42.